The largest absolute Gasteiger partial charge is 0.479 e. The maximum atomic E-state index is 10.7. The summed E-state index contributed by atoms with van der Waals surface area (Å²) < 4.78 is 5.39. The van der Waals surface area contributed by atoms with Gasteiger partial charge in [0, 0.05) is 12.6 Å². The number of hydrogen-bond donors (Lipinski definition) is 2. The summed E-state index contributed by atoms with van der Waals surface area (Å²) in [4.78, 5) is 18.9. The molecule has 0 aliphatic carbocycles. The lowest BCUT2D eigenvalue weighted by Crippen LogP contribution is -2.24. The Morgan fingerprint density at radius 1 is 1.61 bits per heavy atom. The minimum Gasteiger partial charge on any atom is -0.479 e. The Balaban J connectivity index is 1.83. The number of ether oxygens (including phenoxy) is 1. The number of rotatable bonds is 5. The topological polar surface area (TPSA) is 84.3 Å². The highest BCUT2D eigenvalue weighted by Gasteiger charge is 2.30. The smallest absolute Gasteiger partial charge is 0.332 e. The molecular weight excluding hydrogens is 254 g/mol. The van der Waals surface area contributed by atoms with Crippen molar-refractivity contribution >= 4 is 23.5 Å². The molecular formula is C11H15N3O3S. The molecule has 2 atom stereocenters. The summed E-state index contributed by atoms with van der Waals surface area (Å²) >= 11 is 1.55. The summed E-state index contributed by atoms with van der Waals surface area (Å²) in [5.41, 5.74) is 0. The molecule has 0 spiro atoms. The van der Waals surface area contributed by atoms with Crippen LogP contribution in [0.25, 0.3) is 0 Å². The lowest BCUT2D eigenvalue weighted by molar-refractivity contribution is -0.149. The van der Waals surface area contributed by atoms with E-state index in [0.717, 1.165) is 17.3 Å². The number of anilines is 1. The molecule has 2 N–H and O–H groups in total. The molecule has 1 saturated heterocycles. The molecule has 0 aromatic carbocycles. The van der Waals surface area contributed by atoms with Gasteiger partial charge in [-0.3, -0.25) is 0 Å². The Hall–Kier alpha value is -1.34. The SMILES string of the molecule is CSc1cc(NCC2CCC(C(=O)O)O2)ncn1. The summed E-state index contributed by atoms with van der Waals surface area (Å²) in [5.74, 6) is -0.152. The van der Waals surface area contributed by atoms with E-state index < -0.39 is 12.1 Å². The van der Waals surface area contributed by atoms with Gasteiger partial charge in [-0.15, -0.1) is 11.8 Å². The first kappa shape index (κ1) is 13.1. The Labute approximate surface area is 109 Å². The molecule has 1 fully saturated rings. The van der Waals surface area contributed by atoms with E-state index in [1.54, 1.807) is 11.8 Å². The zero-order valence-electron chi connectivity index (χ0n) is 10.00. The highest BCUT2D eigenvalue weighted by atomic mass is 32.2. The normalized spacial score (nSPS) is 22.9. The third-order valence-corrected chi connectivity index (χ3v) is 3.39. The van der Waals surface area contributed by atoms with Crippen molar-refractivity contribution < 1.29 is 14.6 Å². The molecule has 1 aliphatic rings. The lowest BCUT2D eigenvalue weighted by atomic mass is 10.2. The zero-order valence-corrected chi connectivity index (χ0v) is 10.8. The van der Waals surface area contributed by atoms with E-state index in [2.05, 4.69) is 15.3 Å². The molecule has 6 nitrogen and oxygen atoms in total. The first-order valence-corrected chi connectivity index (χ1v) is 6.89. The molecule has 7 heteroatoms. The average molecular weight is 269 g/mol. The van der Waals surface area contributed by atoms with Gasteiger partial charge < -0.3 is 15.2 Å². The van der Waals surface area contributed by atoms with Crippen molar-refractivity contribution in [2.24, 2.45) is 0 Å². The van der Waals surface area contributed by atoms with Crippen LogP contribution in [0.4, 0.5) is 5.82 Å². The van der Waals surface area contributed by atoms with Crippen molar-refractivity contribution in [3.63, 3.8) is 0 Å². The van der Waals surface area contributed by atoms with Gasteiger partial charge in [0.05, 0.1) is 6.10 Å². The molecule has 1 aromatic rings. The Bertz CT molecular complexity index is 430. The van der Waals surface area contributed by atoms with Gasteiger partial charge >= 0.3 is 5.97 Å². The van der Waals surface area contributed by atoms with Crippen molar-refractivity contribution in [3.05, 3.63) is 12.4 Å². The van der Waals surface area contributed by atoms with E-state index >= 15 is 0 Å². The first-order valence-electron chi connectivity index (χ1n) is 5.67. The minimum atomic E-state index is -0.885. The van der Waals surface area contributed by atoms with Crippen LogP contribution in [-0.4, -0.2) is 46.1 Å². The van der Waals surface area contributed by atoms with Crippen LogP contribution >= 0.6 is 11.8 Å². The fourth-order valence-corrected chi connectivity index (χ4v) is 2.19. The van der Waals surface area contributed by atoms with E-state index in [1.165, 1.54) is 6.33 Å². The molecule has 0 amide bonds. The van der Waals surface area contributed by atoms with Crippen LogP contribution in [0.2, 0.25) is 0 Å². The average Bonchev–Trinajstić information content (AvgIpc) is 2.85. The number of carboxylic acids is 1. The van der Waals surface area contributed by atoms with Crippen LogP contribution in [0.3, 0.4) is 0 Å². The van der Waals surface area contributed by atoms with E-state index in [9.17, 15) is 4.79 Å². The number of carboxylic acid groups (broad SMARTS) is 1. The molecule has 18 heavy (non-hydrogen) atoms. The minimum absolute atomic E-state index is 0.0706. The summed E-state index contributed by atoms with van der Waals surface area (Å²) in [5, 5.41) is 12.8. The zero-order chi connectivity index (χ0) is 13.0. The second-order valence-electron chi connectivity index (χ2n) is 3.99. The molecule has 1 aliphatic heterocycles. The third-order valence-electron chi connectivity index (χ3n) is 2.74. The lowest BCUT2D eigenvalue weighted by Gasteiger charge is -2.12. The number of nitrogens with zero attached hydrogens (tertiary/aromatic N) is 2. The third kappa shape index (κ3) is 3.33. The molecule has 98 valence electrons. The Morgan fingerprint density at radius 2 is 2.44 bits per heavy atom. The summed E-state index contributed by atoms with van der Waals surface area (Å²) in [6.45, 7) is 0.564. The first-order chi connectivity index (χ1) is 8.69. The predicted octanol–water partition coefficient (Wildman–Crippen LogP) is 1.24. The molecule has 0 saturated carbocycles. The monoisotopic (exact) mass is 269 g/mol. The van der Waals surface area contributed by atoms with E-state index in [0.29, 0.717) is 13.0 Å². The fourth-order valence-electron chi connectivity index (χ4n) is 1.80. The van der Waals surface area contributed by atoms with Gasteiger partial charge in [0.25, 0.3) is 0 Å². The van der Waals surface area contributed by atoms with Crippen molar-refractivity contribution in [1.82, 2.24) is 9.97 Å². The van der Waals surface area contributed by atoms with E-state index in [-0.39, 0.29) is 6.10 Å². The van der Waals surface area contributed by atoms with E-state index in [1.807, 2.05) is 12.3 Å². The number of nitrogens with one attached hydrogen (secondary N) is 1. The quantitative estimate of drug-likeness (QED) is 0.614. The molecule has 2 unspecified atom stereocenters. The van der Waals surface area contributed by atoms with Crippen LogP contribution in [0.5, 0.6) is 0 Å². The molecule has 1 aromatic heterocycles. The standard InChI is InChI=1S/C11H15N3O3S/c1-18-10-4-9(13-6-14-10)12-5-7-2-3-8(17-7)11(15)16/h4,6-8H,2-3,5H2,1H3,(H,15,16)(H,12,13,14). The second kappa shape index (κ2) is 6.01. The van der Waals surface area contributed by atoms with Crippen molar-refractivity contribution in [2.45, 2.75) is 30.1 Å². The van der Waals surface area contributed by atoms with Gasteiger partial charge in [0.1, 0.15) is 17.2 Å². The van der Waals surface area contributed by atoms with Gasteiger partial charge in [-0.25, -0.2) is 14.8 Å². The van der Waals surface area contributed by atoms with Crippen LogP contribution in [0.15, 0.2) is 17.4 Å². The molecule has 0 bridgehead atoms. The van der Waals surface area contributed by atoms with Gasteiger partial charge in [-0.2, -0.15) is 0 Å². The number of carbonyl (C=O) groups is 1. The van der Waals surface area contributed by atoms with Crippen molar-refractivity contribution in [3.8, 4) is 0 Å². The number of thioether (sulfide) groups is 1. The fraction of sp³-hybridized carbons (Fsp3) is 0.545. The van der Waals surface area contributed by atoms with Gasteiger partial charge in [0.2, 0.25) is 0 Å². The van der Waals surface area contributed by atoms with Gasteiger partial charge in [-0.05, 0) is 19.1 Å². The number of hydrogen-bond acceptors (Lipinski definition) is 6. The van der Waals surface area contributed by atoms with Crippen molar-refractivity contribution in [1.29, 1.82) is 0 Å². The highest BCUT2D eigenvalue weighted by Crippen LogP contribution is 2.20. The molecule has 0 radical (unpaired) electrons. The number of aromatic nitrogens is 2. The molecule has 2 rings (SSSR count). The van der Waals surface area contributed by atoms with Crippen LogP contribution < -0.4 is 5.32 Å². The Morgan fingerprint density at radius 3 is 3.11 bits per heavy atom. The number of aliphatic carboxylic acids is 1. The summed E-state index contributed by atoms with van der Waals surface area (Å²) in [6.07, 6.45) is 4.04. The van der Waals surface area contributed by atoms with E-state index in [4.69, 9.17) is 9.84 Å². The maximum absolute atomic E-state index is 10.7. The van der Waals surface area contributed by atoms with Crippen LogP contribution in [0, 0.1) is 0 Å². The van der Waals surface area contributed by atoms with Crippen LogP contribution in [0.1, 0.15) is 12.8 Å². The predicted molar refractivity (Wildman–Crippen MR) is 67.8 cm³/mol. The summed E-state index contributed by atoms with van der Waals surface area (Å²) in [6, 6.07) is 1.86. The maximum Gasteiger partial charge on any atom is 0.332 e. The second-order valence-corrected chi connectivity index (χ2v) is 4.82. The molecule has 2 heterocycles. The van der Waals surface area contributed by atoms with Gasteiger partial charge in [0.15, 0.2) is 6.10 Å². The van der Waals surface area contributed by atoms with Crippen molar-refractivity contribution in [2.75, 3.05) is 18.1 Å². The van der Waals surface area contributed by atoms with Crippen LogP contribution in [-0.2, 0) is 9.53 Å². The Kier molecular flexibility index (Phi) is 4.38. The highest BCUT2D eigenvalue weighted by molar-refractivity contribution is 7.98. The van der Waals surface area contributed by atoms with Gasteiger partial charge in [-0.1, -0.05) is 0 Å². The summed E-state index contributed by atoms with van der Waals surface area (Å²) in [7, 11) is 0.